The largest absolute Gasteiger partial charge is 0.355 e. The third kappa shape index (κ3) is 2.86. The van der Waals surface area contributed by atoms with Crippen LogP contribution in [0.5, 0.6) is 0 Å². The Kier molecular flexibility index (Phi) is 4.02. The Morgan fingerprint density at radius 1 is 1.25 bits per heavy atom. The van der Waals surface area contributed by atoms with E-state index in [0.717, 1.165) is 31.1 Å². The first kappa shape index (κ1) is 11.7. The topological polar surface area (TPSA) is 19.4 Å². The summed E-state index contributed by atoms with van der Waals surface area (Å²) < 4.78 is 0. The molecule has 3 nitrogen and oxygen atoms in total. The number of hydrogen-bond acceptors (Lipinski definition) is 3. The van der Waals surface area contributed by atoms with E-state index in [0.29, 0.717) is 5.88 Å². The molecule has 1 saturated heterocycles. The van der Waals surface area contributed by atoms with Crippen molar-refractivity contribution < 1.29 is 0 Å². The molecule has 1 fully saturated rings. The van der Waals surface area contributed by atoms with Crippen molar-refractivity contribution in [2.75, 3.05) is 38.1 Å². The zero-order valence-electron chi connectivity index (χ0n) is 9.69. The highest BCUT2D eigenvalue weighted by Gasteiger charge is 2.13. The van der Waals surface area contributed by atoms with Gasteiger partial charge in [-0.3, -0.25) is 0 Å². The van der Waals surface area contributed by atoms with Gasteiger partial charge in [0.25, 0.3) is 0 Å². The molecule has 0 unspecified atom stereocenters. The lowest BCUT2D eigenvalue weighted by atomic mass is 10.3. The molecule has 0 N–H and O–H groups in total. The van der Waals surface area contributed by atoms with E-state index < -0.39 is 0 Å². The Morgan fingerprint density at radius 3 is 2.94 bits per heavy atom. The Balaban J connectivity index is 2.10. The number of pyridine rings is 1. The molecule has 0 saturated carbocycles. The Morgan fingerprint density at radius 2 is 2.12 bits per heavy atom. The molecule has 1 aliphatic rings. The summed E-state index contributed by atoms with van der Waals surface area (Å²) in [4.78, 5) is 9.27. The van der Waals surface area contributed by atoms with Crippen molar-refractivity contribution in [2.24, 2.45) is 0 Å². The van der Waals surface area contributed by atoms with Gasteiger partial charge in [-0.25, -0.2) is 4.98 Å². The van der Waals surface area contributed by atoms with Crippen LogP contribution in [0.1, 0.15) is 12.1 Å². The Hall–Kier alpha value is -0.800. The molecule has 0 aromatic carbocycles. The molecule has 1 aromatic heterocycles. The smallest absolute Gasteiger partial charge is 0.128 e. The first-order valence-electron chi connectivity index (χ1n) is 5.75. The van der Waals surface area contributed by atoms with E-state index in [-0.39, 0.29) is 0 Å². The van der Waals surface area contributed by atoms with Gasteiger partial charge in [0, 0.05) is 19.6 Å². The molecule has 0 radical (unpaired) electrons. The molecule has 1 aliphatic heterocycles. The summed E-state index contributed by atoms with van der Waals surface area (Å²) in [6, 6.07) is 6.08. The quantitative estimate of drug-likeness (QED) is 0.736. The zero-order chi connectivity index (χ0) is 11.4. The number of halogens is 1. The maximum atomic E-state index is 5.80. The van der Waals surface area contributed by atoms with E-state index >= 15 is 0 Å². The minimum atomic E-state index is 0.488. The summed E-state index contributed by atoms with van der Waals surface area (Å²) in [5, 5.41) is 0. The summed E-state index contributed by atoms with van der Waals surface area (Å²) in [6.07, 6.45) is 1.20. The minimum absolute atomic E-state index is 0.488. The van der Waals surface area contributed by atoms with Crippen molar-refractivity contribution in [3.05, 3.63) is 23.9 Å². The predicted octanol–water partition coefficient (Wildman–Crippen LogP) is 1.96. The van der Waals surface area contributed by atoms with Gasteiger partial charge in [-0.1, -0.05) is 6.07 Å². The van der Waals surface area contributed by atoms with Crippen molar-refractivity contribution in [1.82, 2.24) is 9.88 Å². The van der Waals surface area contributed by atoms with Crippen molar-refractivity contribution in [1.29, 1.82) is 0 Å². The molecule has 2 heterocycles. The van der Waals surface area contributed by atoms with E-state index in [4.69, 9.17) is 11.6 Å². The van der Waals surface area contributed by atoms with Gasteiger partial charge in [-0.2, -0.15) is 0 Å². The van der Waals surface area contributed by atoms with Crippen LogP contribution in [-0.4, -0.2) is 43.1 Å². The molecule has 0 aliphatic carbocycles. The fourth-order valence-electron chi connectivity index (χ4n) is 1.99. The van der Waals surface area contributed by atoms with Crippen LogP contribution in [0.3, 0.4) is 0 Å². The van der Waals surface area contributed by atoms with Crippen LogP contribution in [0.4, 0.5) is 5.82 Å². The van der Waals surface area contributed by atoms with Crippen molar-refractivity contribution in [3.63, 3.8) is 0 Å². The lowest BCUT2D eigenvalue weighted by Gasteiger charge is -2.21. The molecular formula is C12H18ClN3. The fraction of sp³-hybridized carbons (Fsp3) is 0.583. The summed E-state index contributed by atoms with van der Waals surface area (Å²) in [6.45, 7) is 4.41. The van der Waals surface area contributed by atoms with Gasteiger partial charge in [0.05, 0.1) is 11.6 Å². The second-order valence-corrected chi connectivity index (χ2v) is 4.53. The van der Waals surface area contributed by atoms with Crippen LogP contribution < -0.4 is 4.90 Å². The highest BCUT2D eigenvalue weighted by Crippen LogP contribution is 2.14. The molecular weight excluding hydrogens is 222 g/mol. The predicted molar refractivity (Wildman–Crippen MR) is 68.1 cm³/mol. The lowest BCUT2D eigenvalue weighted by molar-refractivity contribution is 0.360. The van der Waals surface area contributed by atoms with E-state index in [1.807, 2.05) is 12.1 Å². The number of likely N-dealkylation sites (N-methyl/N-ethyl adjacent to an activating group) is 1. The van der Waals surface area contributed by atoms with Crippen LogP contribution in [0.2, 0.25) is 0 Å². The molecule has 0 spiro atoms. The van der Waals surface area contributed by atoms with E-state index in [1.165, 1.54) is 13.0 Å². The van der Waals surface area contributed by atoms with Crippen molar-refractivity contribution >= 4 is 17.4 Å². The Labute approximate surface area is 102 Å². The van der Waals surface area contributed by atoms with Gasteiger partial charge in [0.1, 0.15) is 5.82 Å². The molecule has 2 rings (SSSR count). The Bertz CT molecular complexity index is 343. The van der Waals surface area contributed by atoms with E-state index in [1.54, 1.807) is 0 Å². The van der Waals surface area contributed by atoms with E-state index in [2.05, 4.69) is 27.9 Å². The van der Waals surface area contributed by atoms with Gasteiger partial charge in [-0.15, -0.1) is 11.6 Å². The average Bonchev–Trinajstić information content (AvgIpc) is 2.54. The van der Waals surface area contributed by atoms with Crippen LogP contribution >= 0.6 is 11.6 Å². The first-order valence-corrected chi connectivity index (χ1v) is 6.28. The van der Waals surface area contributed by atoms with Crippen LogP contribution in [-0.2, 0) is 5.88 Å². The van der Waals surface area contributed by atoms with Gasteiger partial charge >= 0.3 is 0 Å². The molecule has 0 bridgehead atoms. The third-order valence-corrected chi connectivity index (χ3v) is 3.25. The maximum Gasteiger partial charge on any atom is 0.128 e. The van der Waals surface area contributed by atoms with E-state index in [9.17, 15) is 0 Å². The second kappa shape index (κ2) is 5.51. The first-order chi connectivity index (χ1) is 7.79. The molecule has 1 aromatic rings. The molecule has 0 amide bonds. The van der Waals surface area contributed by atoms with Gasteiger partial charge < -0.3 is 9.80 Å². The fourth-order valence-corrected chi connectivity index (χ4v) is 2.14. The van der Waals surface area contributed by atoms with Gasteiger partial charge in [-0.05, 0) is 32.1 Å². The second-order valence-electron chi connectivity index (χ2n) is 4.26. The monoisotopic (exact) mass is 239 g/mol. The molecule has 0 atom stereocenters. The molecule has 16 heavy (non-hydrogen) atoms. The SMILES string of the molecule is CN1CCCN(c2cccc(CCl)n2)CC1. The average molecular weight is 240 g/mol. The van der Waals surface area contributed by atoms with Crippen LogP contribution in [0.15, 0.2) is 18.2 Å². The highest BCUT2D eigenvalue weighted by molar-refractivity contribution is 6.16. The highest BCUT2D eigenvalue weighted by atomic mass is 35.5. The summed E-state index contributed by atoms with van der Waals surface area (Å²) in [7, 11) is 2.17. The van der Waals surface area contributed by atoms with Crippen LogP contribution in [0.25, 0.3) is 0 Å². The molecule has 88 valence electrons. The number of rotatable bonds is 2. The summed E-state index contributed by atoms with van der Waals surface area (Å²) in [5.74, 6) is 1.55. The summed E-state index contributed by atoms with van der Waals surface area (Å²) >= 11 is 5.80. The van der Waals surface area contributed by atoms with Gasteiger partial charge in [0.2, 0.25) is 0 Å². The zero-order valence-corrected chi connectivity index (χ0v) is 10.5. The number of hydrogen-bond donors (Lipinski definition) is 0. The van der Waals surface area contributed by atoms with Crippen LogP contribution in [0, 0.1) is 0 Å². The number of aromatic nitrogens is 1. The number of alkyl halides is 1. The standard InChI is InChI=1S/C12H18ClN3/c1-15-6-3-7-16(9-8-15)12-5-2-4-11(10-13)14-12/h2,4-5H,3,6-10H2,1H3. The third-order valence-electron chi connectivity index (χ3n) is 2.97. The summed E-state index contributed by atoms with van der Waals surface area (Å²) in [5.41, 5.74) is 0.955. The van der Waals surface area contributed by atoms with Crippen molar-refractivity contribution in [3.8, 4) is 0 Å². The molecule has 4 heteroatoms. The lowest BCUT2D eigenvalue weighted by Crippen LogP contribution is -2.29. The normalized spacial score (nSPS) is 18.5. The van der Waals surface area contributed by atoms with Gasteiger partial charge in [0.15, 0.2) is 0 Å². The maximum absolute atomic E-state index is 5.80. The minimum Gasteiger partial charge on any atom is -0.355 e. The van der Waals surface area contributed by atoms with Crippen molar-refractivity contribution in [2.45, 2.75) is 12.3 Å². The number of anilines is 1. The number of nitrogens with zero attached hydrogens (tertiary/aromatic N) is 3.